The second kappa shape index (κ2) is 12.1. The first-order chi connectivity index (χ1) is 29.1. The first-order valence-electron chi connectivity index (χ1n) is 21.7. The first kappa shape index (κ1) is 36.3. The Morgan fingerprint density at radius 3 is 1.97 bits per heavy atom. The molecule has 0 saturated carbocycles. The smallest absolute Gasteiger partial charge is 0.333 e. The van der Waals surface area contributed by atoms with Gasteiger partial charge >= 0.3 is 6.85 Å². The molecule has 2 aliphatic heterocycles. The molecule has 298 valence electrons. The summed E-state index contributed by atoms with van der Waals surface area (Å²) in [7, 11) is 0. The van der Waals surface area contributed by atoms with Gasteiger partial charge in [0, 0.05) is 50.4 Å². The van der Waals surface area contributed by atoms with Crippen molar-refractivity contribution in [3.05, 3.63) is 144 Å². The third kappa shape index (κ3) is 5.11. The maximum absolute atomic E-state index is 7.16. The quantitative estimate of drug-likeness (QED) is 0.164. The van der Waals surface area contributed by atoms with Gasteiger partial charge in [0.05, 0.1) is 16.4 Å². The van der Waals surface area contributed by atoms with Crippen LogP contribution in [0.2, 0.25) is 0 Å². The molecule has 6 heteroatoms. The zero-order valence-corrected chi connectivity index (χ0v) is 36.4. The fraction of sp³-hybridized carbons (Fsp3) is 0.218. The Bertz CT molecular complexity index is 3470. The lowest BCUT2D eigenvalue weighted by molar-refractivity contribution is 0.590. The van der Waals surface area contributed by atoms with Crippen LogP contribution in [-0.2, 0) is 16.2 Å². The number of aromatic nitrogens is 2. The van der Waals surface area contributed by atoms with E-state index in [2.05, 4.69) is 181 Å². The SMILES string of the molecule is CC(C)(C)c1ccc(N2B3c4cc5nc(-c6ccccc6)oc5cc4-n4c5ccc(C(C)(C)C)cc5c5c6oc7ccccc7c6c(c3c54)-c3cc(C(C)(C)C)ccc32)cc1. The Morgan fingerprint density at radius 1 is 0.557 bits per heavy atom. The van der Waals surface area contributed by atoms with E-state index in [1.807, 2.05) is 18.2 Å². The molecule has 10 aromatic rings. The highest BCUT2D eigenvalue weighted by Crippen LogP contribution is 2.52. The van der Waals surface area contributed by atoms with Gasteiger partial charge in [0.1, 0.15) is 16.7 Å². The summed E-state index contributed by atoms with van der Waals surface area (Å²) >= 11 is 0. The van der Waals surface area contributed by atoms with Crippen molar-refractivity contribution < 1.29 is 8.83 Å². The molecule has 5 nitrogen and oxygen atoms in total. The Morgan fingerprint density at radius 2 is 1.23 bits per heavy atom. The maximum Gasteiger partial charge on any atom is 0.333 e. The minimum atomic E-state index is -0.195. The summed E-state index contributed by atoms with van der Waals surface area (Å²) in [6, 6.07) is 46.9. The third-order valence-corrected chi connectivity index (χ3v) is 13.5. The number of nitrogens with zero attached hydrogens (tertiary/aromatic N) is 3. The van der Waals surface area contributed by atoms with Crippen LogP contribution in [0.3, 0.4) is 0 Å². The number of fused-ring (bicyclic) bond motifs is 14. The Hall–Kier alpha value is -6.53. The van der Waals surface area contributed by atoms with E-state index in [9.17, 15) is 0 Å². The summed E-state index contributed by atoms with van der Waals surface area (Å²) in [6.45, 7) is 20.5. The van der Waals surface area contributed by atoms with Crippen LogP contribution in [0.25, 0.3) is 83.1 Å². The zero-order valence-electron chi connectivity index (χ0n) is 36.4. The van der Waals surface area contributed by atoms with Gasteiger partial charge in [-0.3, -0.25) is 0 Å². The first-order valence-corrected chi connectivity index (χ1v) is 21.7. The largest absolute Gasteiger partial charge is 0.455 e. The predicted octanol–water partition coefficient (Wildman–Crippen LogP) is 13.6. The molecule has 0 amide bonds. The molecule has 0 fully saturated rings. The normalized spacial score (nSPS) is 13.9. The van der Waals surface area contributed by atoms with Crippen LogP contribution in [-0.4, -0.2) is 16.4 Å². The highest BCUT2D eigenvalue weighted by Gasteiger charge is 2.46. The number of oxazole rings is 1. The molecule has 0 unspecified atom stereocenters. The second-order valence-electron chi connectivity index (χ2n) is 20.4. The summed E-state index contributed by atoms with van der Waals surface area (Å²) in [5.74, 6) is 0.621. The summed E-state index contributed by atoms with van der Waals surface area (Å²) < 4.78 is 16.3. The molecule has 0 radical (unpaired) electrons. The van der Waals surface area contributed by atoms with Crippen LogP contribution in [0.4, 0.5) is 11.4 Å². The van der Waals surface area contributed by atoms with Gasteiger partial charge < -0.3 is 18.2 Å². The molecule has 7 aromatic carbocycles. The van der Waals surface area contributed by atoms with E-state index in [1.54, 1.807) is 0 Å². The molecule has 2 aliphatic rings. The minimum absolute atomic E-state index is 0.0198. The van der Waals surface area contributed by atoms with E-state index in [4.69, 9.17) is 13.8 Å². The van der Waals surface area contributed by atoms with Crippen LogP contribution in [0.5, 0.6) is 0 Å². The third-order valence-electron chi connectivity index (χ3n) is 13.5. The number of hydrogen-bond donors (Lipinski definition) is 0. The van der Waals surface area contributed by atoms with Crippen LogP contribution in [0.15, 0.2) is 136 Å². The molecule has 0 bridgehead atoms. The molecule has 0 aliphatic carbocycles. The van der Waals surface area contributed by atoms with Crippen LogP contribution >= 0.6 is 0 Å². The predicted molar refractivity (Wildman–Crippen MR) is 256 cm³/mol. The molecule has 61 heavy (non-hydrogen) atoms. The molecular formula is C55H48BN3O2. The molecule has 5 heterocycles. The second-order valence-corrected chi connectivity index (χ2v) is 20.4. The summed E-state index contributed by atoms with van der Waals surface area (Å²) in [6.07, 6.45) is 0. The molecule has 0 spiro atoms. The highest BCUT2D eigenvalue weighted by atomic mass is 16.3. The van der Waals surface area contributed by atoms with Gasteiger partial charge in [-0.1, -0.05) is 123 Å². The van der Waals surface area contributed by atoms with Gasteiger partial charge in [0.25, 0.3) is 0 Å². The van der Waals surface area contributed by atoms with Gasteiger partial charge in [0.2, 0.25) is 5.89 Å². The molecule has 0 saturated heterocycles. The standard InChI is InChI=1S/C55H48BN3O2/c1-53(2,3)32-19-23-35(24-20-32)59-42-26-22-34(55(7,8)9)28-38(42)46-47-36-17-13-14-18-44(36)60-51(47)48-37-27-33(54(4,5)6)21-25-41(37)58-43-30-45-40(29-39(43)56(59)49(46)50(48)58)57-52(61-45)31-15-11-10-12-16-31/h10-30H,1-9H3. The minimum Gasteiger partial charge on any atom is -0.455 e. The molecular weight excluding hydrogens is 745 g/mol. The Kier molecular flexibility index (Phi) is 7.19. The Balaban J connectivity index is 1.30. The van der Waals surface area contributed by atoms with Crippen LogP contribution in [0.1, 0.15) is 79.0 Å². The Labute approximate surface area is 356 Å². The average Bonchev–Trinajstić information content (AvgIpc) is 3.93. The van der Waals surface area contributed by atoms with Crippen molar-refractivity contribution in [2.24, 2.45) is 0 Å². The summed E-state index contributed by atoms with van der Waals surface area (Å²) in [5, 5.41) is 4.66. The van der Waals surface area contributed by atoms with Crippen molar-refractivity contribution in [2.75, 3.05) is 4.81 Å². The van der Waals surface area contributed by atoms with E-state index in [1.165, 1.54) is 60.7 Å². The fourth-order valence-corrected chi connectivity index (χ4v) is 10.2. The monoisotopic (exact) mass is 793 g/mol. The van der Waals surface area contributed by atoms with E-state index in [0.29, 0.717) is 5.89 Å². The van der Waals surface area contributed by atoms with Gasteiger partial charge in [-0.05, 0) is 110 Å². The number of benzene rings is 7. The number of furan rings is 1. The van der Waals surface area contributed by atoms with Crippen molar-refractivity contribution in [1.82, 2.24) is 9.55 Å². The van der Waals surface area contributed by atoms with Crippen molar-refractivity contribution in [3.8, 4) is 28.3 Å². The molecule has 3 aromatic heterocycles. The number of rotatable bonds is 2. The maximum atomic E-state index is 7.16. The van der Waals surface area contributed by atoms with Crippen molar-refractivity contribution in [1.29, 1.82) is 0 Å². The van der Waals surface area contributed by atoms with Gasteiger partial charge in [0.15, 0.2) is 5.58 Å². The van der Waals surface area contributed by atoms with E-state index < -0.39 is 0 Å². The highest BCUT2D eigenvalue weighted by molar-refractivity contribution is 6.94. The number of para-hydroxylation sites is 1. The van der Waals surface area contributed by atoms with Crippen LogP contribution < -0.4 is 15.7 Å². The summed E-state index contributed by atoms with van der Waals surface area (Å²) in [5.41, 5.74) is 18.9. The molecule has 12 rings (SSSR count). The van der Waals surface area contributed by atoms with Crippen LogP contribution in [0, 0.1) is 0 Å². The van der Waals surface area contributed by atoms with Gasteiger partial charge in [-0.15, -0.1) is 0 Å². The topological polar surface area (TPSA) is 47.3 Å². The fourth-order valence-electron chi connectivity index (χ4n) is 10.2. The summed E-state index contributed by atoms with van der Waals surface area (Å²) in [4.78, 5) is 7.79. The lowest BCUT2D eigenvalue weighted by Crippen LogP contribution is -2.60. The average molecular weight is 794 g/mol. The van der Waals surface area contributed by atoms with E-state index in [-0.39, 0.29) is 23.1 Å². The number of anilines is 2. The number of hydrogen-bond acceptors (Lipinski definition) is 4. The zero-order chi connectivity index (χ0) is 41.9. The molecule has 0 atom stereocenters. The van der Waals surface area contributed by atoms with Gasteiger partial charge in [-0.2, -0.15) is 0 Å². The lowest BCUT2D eigenvalue weighted by atomic mass is 9.43. The lowest BCUT2D eigenvalue weighted by Gasteiger charge is -2.42. The van der Waals surface area contributed by atoms with E-state index in [0.717, 1.165) is 55.5 Å². The van der Waals surface area contributed by atoms with Crippen molar-refractivity contribution in [3.63, 3.8) is 0 Å². The van der Waals surface area contributed by atoms with Gasteiger partial charge in [-0.25, -0.2) is 4.98 Å². The van der Waals surface area contributed by atoms with Crippen molar-refractivity contribution >= 4 is 84.0 Å². The van der Waals surface area contributed by atoms with E-state index >= 15 is 0 Å². The molecule has 0 N–H and O–H groups in total. The van der Waals surface area contributed by atoms with Crippen molar-refractivity contribution in [2.45, 2.75) is 78.6 Å².